The molecule has 0 saturated carbocycles. The van der Waals surface area contributed by atoms with Crippen LogP contribution in [-0.4, -0.2) is 59.7 Å². The van der Waals surface area contributed by atoms with E-state index in [2.05, 4.69) is 5.32 Å². The van der Waals surface area contributed by atoms with Gasteiger partial charge in [-0.3, -0.25) is 0 Å². The predicted octanol–water partition coefficient (Wildman–Crippen LogP) is 1.28. The summed E-state index contributed by atoms with van der Waals surface area (Å²) in [5.41, 5.74) is 0.639. The summed E-state index contributed by atoms with van der Waals surface area (Å²) < 4.78 is 29.7. The zero-order valence-corrected chi connectivity index (χ0v) is 12.4. The Kier molecular flexibility index (Phi) is 6.72. The quantitative estimate of drug-likeness (QED) is 0.732. The van der Waals surface area contributed by atoms with Crippen LogP contribution in [-0.2, 0) is 9.47 Å². The van der Waals surface area contributed by atoms with Gasteiger partial charge in [0.2, 0.25) is 0 Å². The fraction of sp³-hybridized carbons (Fsp3) is 0.600. The number of hydrogen-bond donors (Lipinski definition) is 1. The summed E-state index contributed by atoms with van der Waals surface area (Å²) in [6.45, 7) is 5.38. The van der Waals surface area contributed by atoms with E-state index in [1.165, 1.54) is 6.07 Å². The van der Waals surface area contributed by atoms with Crippen LogP contribution in [0.15, 0.2) is 18.2 Å². The Balaban J connectivity index is 1.78. The largest absolute Gasteiger partial charge is 0.491 e. The maximum atomic E-state index is 14.1. The molecule has 21 heavy (non-hydrogen) atoms. The average Bonchev–Trinajstić information content (AvgIpc) is 2.52. The first-order chi connectivity index (χ1) is 10.3. The SMILES string of the molecule is COCCOCCOc1ccc(N2CCNCC2)c(F)c1. The van der Waals surface area contributed by atoms with E-state index in [0.29, 0.717) is 37.9 Å². The first kappa shape index (κ1) is 16.0. The van der Waals surface area contributed by atoms with Gasteiger partial charge in [-0.1, -0.05) is 0 Å². The van der Waals surface area contributed by atoms with E-state index in [1.54, 1.807) is 19.2 Å². The van der Waals surface area contributed by atoms with Crippen LogP contribution >= 0.6 is 0 Å². The van der Waals surface area contributed by atoms with Crippen LogP contribution in [0.4, 0.5) is 10.1 Å². The van der Waals surface area contributed by atoms with Crippen molar-refractivity contribution in [3.8, 4) is 5.75 Å². The Morgan fingerprint density at radius 1 is 1.14 bits per heavy atom. The van der Waals surface area contributed by atoms with Crippen molar-refractivity contribution in [2.75, 3.05) is 64.6 Å². The summed E-state index contributed by atoms with van der Waals surface area (Å²) in [4.78, 5) is 2.05. The minimum Gasteiger partial charge on any atom is -0.491 e. The molecule has 5 nitrogen and oxygen atoms in total. The summed E-state index contributed by atoms with van der Waals surface area (Å²) in [6.07, 6.45) is 0. The maximum absolute atomic E-state index is 14.1. The lowest BCUT2D eigenvalue weighted by Crippen LogP contribution is -2.43. The van der Waals surface area contributed by atoms with E-state index < -0.39 is 0 Å². The molecule has 1 fully saturated rings. The second-order valence-corrected chi connectivity index (χ2v) is 4.80. The number of halogens is 1. The summed E-state index contributed by atoms with van der Waals surface area (Å²) in [7, 11) is 1.63. The maximum Gasteiger partial charge on any atom is 0.150 e. The van der Waals surface area contributed by atoms with Gasteiger partial charge in [-0.05, 0) is 12.1 Å². The minimum absolute atomic E-state index is 0.241. The van der Waals surface area contributed by atoms with Crippen molar-refractivity contribution in [2.45, 2.75) is 0 Å². The van der Waals surface area contributed by atoms with Crippen molar-refractivity contribution in [3.05, 3.63) is 24.0 Å². The normalized spacial score (nSPS) is 15.2. The second kappa shape index (κ2) is 8.81. The zero-order chi connectivity index (χ0) is 14.9. The molecule has 0 radical (unpaired) electrons. The molecule has 0 atom stereocenters. The summed E-state index contributed by atoms with van der Waals surface area (Å²) in [6, 6.07) is 5.02. The van der Waals surface area contributed by atoms with Gasteiger partial charge in [-0.25, -0.2) is 4.39 Å². The molecule has 0 amide bonds. The number of rotatable bonds is 8. The molecule has 1 saturated heterocycles. The zero-order valence-electron chi connectivity index (χ0n) is 12.4. The highest BCUT2D eigenvalue weighted by molar-refractivity contribution is 5.51. The Morgan fingerprint density at radius 3 is 2.62 bits per heavy atom. The number of methoxy groups -OCH3 is 1. The summed E-state index contributed by atoms with van der Waals surface area (Å²) in [5.74, 6) is 0.288. The van der Waals surface area contributed by atoms with Crippen molar-refractivity contribution in [2.24, 2.45) is 0 Å². The van der Waals surface area contributed by atoms with Crippen molar-refractivity contribution in [3.63, 3.8) is 0 Å². The van der Waals surface area contributed by atoms with Crippen LogP contribution < -0.4 is 15.0 Å². The fourth-order valence-electron chi connectivity index (χ4n) is 2.20. The number of nitrogens with zero attached hydrogens (tertiary/aromatic N) is 1. The molecule has 1 aromatic rings. The van der Waals surface area contributed by atoms with Crippen LogP contribution in [0.2, 0.25) is 0 Å². The smallest absolute Gasteiger partial charge is 0.150 e. The number of nitrogens with one attached hydrogen (secondary N) is 1. The van der Waals surface area contributed by atoms with E-state index in [-0.39, 0.29) is 5.82 Å². The van der Waals surface area contributed by atoms with Gasteiger partial charge in [0, 0.05) is 39.4 Å². The van der Waals surface area contributed by atoms with Gasteiger partial charge >= 0.3 is 0 Å². The van der Waals surface area contributed by atoms with Gasteiger partial charge in [0.1, 0.15) is 18.2 Å². The van der Waals surface area contributed by atoms with Gasteiger partial charge < -0.3 is 24.4 Å². The average molecular weight is 298 g/mol. The number of ether oxygens (including phenoxy) is 3. The highest BCUT2D eigenvalue weighted by Gasteiger charge is 2.14. The summed E-state index contributed by atoms with van der Waals surface area (Å²) in [5, 5.41) is 3.25. The number of anilines is 1. The molecule has 1 aromatic carbocycles. The van der Waals surface area contributed by atoms with E-state index in [4.69, 9.17) is 14.2 Å². The van der Waals surface area contributed by atoms with Crippen molar-refractivity contribution in [1.29, 1.82) is 0 Å². The molecule has 1 N–H and O–H groups in total. The topological polar surface area (TPSA) is 43.0 Å². The third kappa shape index (κ3) is 5.15. The van der Waals surface area contributed by atoms with Crippen LogP contribution in [0.25, 0.3) is 0 Å². The fourth-order valence-corrected chi connectivity index (χ4v) is 2.20. The number of piperazine rings is 1. The Morgan fingerprint density at radius 2 is 1.90 bits per heavy atom. The molecule has 0 aromatic heterocycles. The molecule has 118 valence electrons. The highest BCUT2D eigenvalue weighted by Crippen LogP contribution is 2.24. The van der Waals surface area contributed by atoms with E-state index in [0.717, 1.165) is 26.2 Å². The van der Waals surface area contributed by atoms with Gasteiger partial charge in [0.05, 0.1) is 25.5 Å². The molecular weight excluding hydrogens is 275 g/mol. The Bertz CT molecular complexity index is 425. The molecule has 1 aliphatic heterocycles. The number of benzene rings is 1. The third-order valence-corrected chi connectivity index (χ3v) is 3.31. The first-order valence-electron chi connectivity index (χ1n) is 7.26. The van der Waals surface area contributed by atoms with Gasteiger partial charge in [-0.2, -0.15) is 0 Å². The van der Waals surface area contributed by atoms with Crippen LogP contribution in [0, 0.1) is 5.82 Å². The molecule has 6 heteroatoms. The summed E-state index contributed by atoms with van der Waals surface area (Å²) >= 11 is 0. The molecule has 1 aliphatic rings. The lowest BCUT2D eigenvalue weighted by Gasteiger charge is -2.29. The molecular formula is C15H23FN2O3. The highest BCUT2D eigenvalue weighted by atomic mass is 19.1. The van der Waals surface area contributed by atoms with E-state index >= 15 is 0 Å². The lowest BCUT2D eigenvalue weighted by atomic mass is 10.2. The monoisotopic (exact) mass is 298 g/mol. The first-order valence-corrected chi connectivity index (χ1v) is 7.26. The number of hydrogen-bond acceptors (Lipinski definition) is 5. The molecule has 1 heterocycles. The molecule has 0 spiro atoms. The third-order valence-electron chi connectivity index (χ3n) is 3.31. The molecule has 0 bridgehead atoms. The van der Waals surface area contributed by atoms with Crippen molar-refractivity contribution in [1.82, 2.24) is 5.32 Å². The van der Waals surface area contributed by atoms with E-state index in [9.17, 15) is 4.39 Å². The molecule has 2 rings (SSSR count). The minimum atomic E-state index is -0.241. The molecule has 0 aliphatic carbocycles. The standard InChI is InChI=1S/C15H23FN2O3/c1-19-8-9-20-10-11-21-13-2-3-15(14(16)12-13)18-6-4-17-5-7-18/h2-3,12,17H,4-11H2,1H3. The Labute approximate surface area is 125 Å². The van der Waals surface area contributed by atoms with Crippen LogP contribution in [0.1, 0.15) is 0 Å². The van der Waals surface area contributed by atoms with Gasteiger partial charge in [0.15, 0.2) is 0 Å². The van der Waals surface area contributed by atoms with Crippen molar-refractivity contribution < 1.29 is 18.6 Å². The van der Waals surface area contributed by atoms with Crippen LogP contribution in [0.5, 0.6) is 5.75 Å². The van der Waals surface area contributed by atoms with Gasteiger partial charge in [0.25, 0.3) is 0 Å². The predicted molar refractivity (Wildman–Crippen MR) is 79.7 cm³/mol. The van der Waals surface area contributed by atoms with Gasteiger partial charge in [-0.15, -0.1) is 0 Å². The Hall–Kier alpha value is -1.37. The van der Waals surface area contributed by atoms with Crippen LogP contribution in [0.3, 0.4) is 0 Å². The molecule has 0 unspecified atom stereocenters. The lowest BCUT2D eigenvalue weighted by molar-refractivity contribution is 0.0544. The van der Waals surface area contributed by atoms with Crippen molar-refractivity contribution >= 4 is 5.69 Å². The second-order valence-electron chi connectivity index (χ2n) is 4.80. The van der Waals surface area contributed by atoms with E-state index in [1.807, 2.05) is 4.90 Å².